The Hall–Kier alpha value is -0.870. The highest BCUT2D eigenvalue weighted by molar-refractivity contribution is 6.22. The molecule has 1 rings (SSSR count). The van der Waals surface area contributed by atoms with Crippen molar-refractivity contribution >= 4 is 29.1 Å². The number of carbonyl (C=O) groups is 1. The topological polar surface area (TPSA) is 29.1 Å². The number of benzene rings is 1. The fourth-order valence-corrected chi connectivity index (χ4v) is 2.16. The molecule has 0 bridgehead atoms. The van der Waals surface area contributed by atoms with Crippen molar-refractivity contribution in [2.24, 2.45) is 0 Å². The summed E-state index contributed by atoms with van der Waals surface area (Å²) in [4.78, 5) is 11.9. The minimum absolute atomic E-state index is 0.0929. The third kappa shape index (κ3) is 3.33. The maximum Gasteiger partial charge on any atom is 0.254 e. The third-order valence-electron chi connectivity index (χ3n) is 2.74. The molecule has 0 aliphatic carbocycles. The number of hydrogen-bond acceptors (Lipinski definition) is 1. The van der Waals surface area contributed by atoms with Gasteiger partial charge in [0, 0.05) is 11.8 Å². The monoisotopic (exact) mass is 295 g/mol. The minimum atomic E-state index is -0.820. The van der Waals surface area contributed by atoms with Crippen LogP contribution in [0, 0.1) is 11.6 Å². The molecule has 1 aromatic rings. The number of alkyl halides is 2. The van der Waals surface area contributed by atoms with Crippen molar-refractivity contribution < 1.29 is 13.6 Å². The number of rotatable bonds is 5. The normalized spacial score (nSPS) is 11.4. The molecule has 0 heterocycles. The van der Waals surface area contributed by atoms with E-state index in [1.54, 1.807) is 6.92 Å². The van der Waals surface area contributed by atoms with Gasteiger partial charge < -0.3 is 5.32 Å². The average molecular weight is 296 g/mol. The van der Waals surface area contributed by atoms with E-state index in [2.05, 4.69) is 5.32 Å². The van der Waals surface area contributed by atoms with Gasteiger partial charge in [0.1, 0.15) is 11.6 Å². The first-order valence-electron chi connectivity index (χ1n) is 5.37. The molecule has 0 unspecified atom stereocenters. The molecular weight excluding hydrogens is 283 g/mol. The first kappa shape index (κ1) is 15.2. The summed E-state index contributed by atoms with van der Waals surface area (Å²) in [5.74, 6) is -2.01. The quantitative estimate of drug-likeness (QED) is 0.830. The van der Waals surface area contributed by atoms with Gasteiger partial charge in [-0.3, -0.25) is 4.79 Å². The summed E-state index contributed by atoms with van der Waals surface area (Å²) < 4.78 is 26.4. The van der Waals surface area contributed by atoms with Gasteiger partial charge >= 0.3 is 0 Å². The second-order valence-electron chi connectivity index (χ2n) is 3.98. The Kier molecular flexibility index (Phi) is 5.35. The van der Waals surface area contributed by atoms with Gasteiger partial charge in [-0.15, -0.1) is 23.2 Å². The molecule has 0 aliphatic rings. The summed E-state index contributed by atoms with van der Waals surface area (Å²) in [7, 11) is 0. The maximum absolute atomic E-state index is 13.4. The molecule has 6 heteroatoms. The van der Waals surface area contributed by atoms with E-state index in [1.807, 2.05) is 0 Å². The Morgan fingerprint density at radius 2 is 1.94 bits per heavy atom. The lowest BCUT2D eigenvalue weighted by Crippen LogP contribution is -2.51. The van der Waals surface area contributed by atoms with E-state index >= 15 is 0 Å². The van der Waals surface area contributed by atoms with Crippen LogP contribution in [0.1, 0.15) is 23.7 Å². The minimum Gasteiger partial charge on any atom is -0.344 e. The zero-order valence-corrected chi connectivity index (χ0v) is 11.3. The lowest BCUT2D eigenvalue weighted by Gasteiger charge is -2.29. The van der Waals surface area contributed by atoms with E-state index in [9.17, 15) is 13.6 Å². The Labute approximate surface area is 114 Å². The maximum atomic E-state index is 13.4. The highest BCUT2D eigenvalue weighted by Crippen LogP contribution is 2.17. The molecule has 0 saturated heterocycles. The van der Waals surface area contributed by atoms with E-state index in [1.165, 1.54) is 0 Å². The summed E-state index contributed by atoms with van der Waals surface area (Å²) in [5.41, 5.74) is -1.18. The van der Waals surface area contributed by atoms with E-state index < -0.39 is 23.1 Å². The fourth-order valence-electron chi connectivity index (χ4n) is 1.36. The van der Waals surface area contributed by atoms with Gasteiger partial charge in [0.05, 0.1) is 11.1 Å². The SMILES string of the molecule is CCC(CCl)(CCl)NC(=O)c1cc(F)ccc1F. The fraction of sp³-hybridized carbons (Fsp3) is 0.417. The molecule has 1 aromatic carbocycles. The molecule has 0 aromatic heterocycles. The molecule has 0 aliphatic heterocycles. The van der Waals surface area contributed by atoms with Crippen LogP contribution in [0.2, 0.25) is 0 Å². The number of hydrogen-bond donors (Lipinski definition) is 1. The van der Waals surface area contributed by atoms with Gasteiger partial charge in [-0.1, -0.05) is 6.92 Å². The summed E-state index contributed by atoms with van der Waals surface area (Å²) in [5, 5.41) is 2.55. The molecule has 0 radical (unpaired) electrons. The van der Waals surface area contributed by atoms with Crippen LogP contribution >= 0.6 is 23.2 Å². The highest BCUT2D eigenvalue weighted by Gasteiger charge is 2.29. The number of amides is 1. The lowest BCUT2D eigenvalue weighted by molar-refractivity contribution is 0.0909. The van der Waals surface area contributed by atoms with E-state index in [0.29, 0.717) is 6.42 Å². The van der Waals surface area contributed by atoms with Gasteiger partial charge in [0.15, 0.2) is 0 Å². The van der Waals surface area contributed by atoms with Gasteiger partial charge in [-0.2, -0.15) is 0 Å². The average Bonchev–Trinajstić information content (AvgIpc) is 2.38. The number of nitrogens with one attached hydrogen (secondary N) is 1. The van der Waals surface area contributed by atoms with Crippen molar-refractivity contribution in [1.29, 1.82) is 0 Å². The smallest absolute Gasteiger partial charge is 0.254 e. The third-order valence-corrected chi connectivity index (χ3v) is 3.76. The Morgan fingerprint density at radius 3 is 2.44 bits per heavy atom. The highest BCUT2D eigenvalue weighted by atomic mass is 35.5. The second-order valence-corrected chi connectivity index (χ2v) is 4.51. The first-order chi connectivity index (χ1) is 8.48. The van der Waals surface area contributed by atoms with Crippen molar-refractivity contribution in [2.45, 2.75) is 18.9 Å². The van der Waals surface area contributed by atoms with E-state index in [4.69, 9.17) is 23.2 Å². The van der Waals surface area contributed by atoms with Gasteiger partial charge in [-0.05, 0) is 24.6 Å². The predicted octanol–water partition coefficient (Wildman–Crippen LogP) is 3.32. The molecule has 2 nitrogen and oxygen atoms in total. The van der Waals surface area contributed by atoms with Crippen molar-refractivity contribution in [3.8, 4) is 0 Å². The van der Waals surface area contributed by atoms with Crippen LogP contribution in [0.25, 0.3) is 0 Å². The molecule has 0 fully saturated rings. The van der Waals surface area contributed by atoms with Gasteiger partial charge in [0.25, 0.3) is 5.91 Å². The standard InChI is InChI=1S/C12H13Cl2F2NO/c1-2-12(6-13,7-14)17-11(18)9-5-8(15)3-4-10(9)16/h3-5H,2,6-7H2,1H3,(H,17,18). The van der Waals surface area contributed by atoms with Crippen LogP contribution in [0.15, 0.2) is 18.2 Å². The summed E-state index contributed by atoms with van der Waals surface area (Å²) in [6.45, 7) is 1.80. The van der Waals surface area contributed by atoms with Gasteiger partial charge in [-0.25, -0.2) is 8.78 Å². The Morgan fingerprint density at radius 1 is 1.33 bits per heavy atom. The Bertz CT molecular complexity index is 428. The van der Waals surface area contributed by atoms with Crippen LogP contribution in [0.5, 0.6) is 0 Å². The zero-order valence-electron chi connectivity index (χ0n) is 9.77. The molecule has 1 N–H and O–H groups in total. The van der Waals surface area contributed by atoms with Crippen molar-refractivity contribution in [3.05, 3.63) is 35.4 Å². The molecule has 0 saturated carbocycles. The van der Waals surface area contributed by atoms with Crippen molar-refractivity contribution in [3.63, 3.8) is 0 Å². The van der Waals surface area contributed by atoms with Crippen molar-refractivity contribution in [1.82, 2.24) is 5.32 Å². The molecule has 18 heavy (non-hydrogen) atoms. The van der Waals surface area contributed by atoms with Crippen LogP contribution in [-0.4, -0.2) is 23.2 Å². The number of halogens is 4. The van der Waals surface area contributed by atoms with Crippen LogP contribution < -0.4 is 5.32 Å². The van der Waals surface area contributed by atoms with E-state index in [-0.39, 0.29) is 17.3 Å². The van der Waals surface area contributed by atoms with Gasteiger partial charge in [0.2, 0.25) is 0 Å². The van der Waals surface area contributed by atoms with Crippen LogP contribution in [-0.2, 0) is 0 Å². The largest absolute Gasteiger partial charge is 0.344 e. The first-order valence-corrected chi connectivity index (χ1v) is 6.44. The molecular formula is C12H13Cl2F2NO. The molecule has 0 spiro atoms. The zero-order chi connectivity index (χ0) is 13.8. The van der Waals surface area contributed by atoms with Crippen molar-refractivity contribution in [2.75, 3.05) is 11.8 Å². The number of carbonyl (C=O) groups excluding carboxylic acids is 1. The Balaban J connectivity index is 2.97. The molecule has 0 atom stereocenters. The summed E-state index contributed by atoms with van der Waals surface area (Å²) in [6.07, 6.45) is 0.489. The second kappa shape index (κ2) is 6.34. The molecule has 100 valence electrons. The summed E-state index contributed by atoms with van der Waals surface area (Å²) in [6, 6.07) is 2.69. The van der Waals surface area contributed by atoms with Crippen LogP contribution in [0.4, 0.5) is 8.78 Å². The summed E-state index contributed by atoms with van der Waals surface area (Å²) >= 11 is 11.5. The van der Waals surface area contributed by atoms with Crippen LogP contribution in [0.3, 0.4) is 0 Å². The molecule has 1 amide bonds. The lowest BCUT2D eigenvalue weighted by atomic mass is 10.0. The van der Waals surface area contributed by atoms with E-state index in [0.717, 1.165) is 18.2 Å². The predicted molar refractivity (Wildman–Crippen MR) is 68.3 cm³/mol.